The van der Waals surface area contributed by atoms with Gasteiger partial charge in [0.15, 0.2) is 0 Å². The summed E-state index contributed by atoms with van der Waals surface area (Å²) in [6.45, 7) is 3.08. The van der Waals surface area contributed by atoms with Gasteiger partial charge in [-0.3, -0.25) is 15.1 Å². The third kappa shape index (κ3) is 3.21. The molecule has 0 atom stereocenters. The molecule has 2 N–H and O–H groups in total. The summed E-state index contributed by atoms with van der Waals surface area (Å²) < 4.78 is 0. The summed E-state index contributed by atoms with van der Waals surface area (Å²) in [5, 5.41) is 30.3. The van der Waals surface area contributed by atoms with Gasteiger partial charge in [0.05, 0.1) is 21.2 Å². The van der Waals surface area contributed by atoms with E-state index in [1.165, 1.54) is 37.4 Å². The highest BCUT2D eigenvalue weighted by atomic mass is 35.5. The Labute approximate surface area is 142 Å². The number of nitro benzene ring substituents is 1. The smallest absolute Gasteiger partial charge is 0.335 e. The maximum Gasteiger partial charge on any atom is 0.335 e. The topological polar surface area (TPSA) is 113 Å². The number of phenols is 1. The molecule has 0 unspecified atom stereocenters. The highest BCUT2D eigenvalue weighted by Crippen LogP contribution is 2.40. The number of aliphatic imine (C=N–C) groups is 1. The van der Waals surface area contributed by atoms with Gasteiger partial charge in [0, 0.05) is 17.3 Å². The van der Waals surface area contributed by atoms with Crippen LogP contribution in [0.4, 0.5) is 11.4 Å². The number of hydrogen-bond donors (Lipinski definition) is 2. The Balaban J connectivity index is 2.49. The molecule has 0 saturated heterocycles. The lowest BCUT2D eigenvalue weighted by Crippen LogP contribution is -2.00. The number of aromatic carboxylic acids is 1. The summed E-state index contributed by atoms with van der Waals surface area (Å²) in [6, 6.07) is 5.73. The van der Waals surface area contributed by atoms with E-state index < -0.39 is 22.3 Å². The van der Waals surface area contributed by atoms with E-state index in [0.29, 0.717) is 11.3 Å². The minimum atomic E-state index is -1.06. The van der Waals surface area contributed by atoms with Crippen LogP contribution in [0.5, 0.6) is 5.75 Å². The van der Waals surface area contributed by atoms with Gasteiger partial charge >= 0.3 is 11.7 Å². The molecule has 0 fully saturated rings. The Morgan fingerprint density at radius 2 is 1.83 bits per heavy atom. The van der Waals surface area contributed by atoms with Crippen LogP contribution in [0.1, 0.15) is 27.0 Å². The van der Waals surface area contributed by atoms with Crippen LogP contribution in [0.15, 0.2) is 29.3 Å². The molecule has 0 aliphatic rings. The predicted octanol–water partition coefficient (Wildman–Crippen LogP) is 4.02. The van der Waals surface area contributed by atoms with Gasteiger partial charge in [0.2, 0.25) is 5.75 Å². The molecule has 8 heteroatoms. The molecule has 0 saturated carbocycles. The quantitative estimate of drug-likeness (QED) is 0.492. The molecule has 2 rings (SSSR count). The van der Waals surface area contributed by atoms with Crippen molar-refractivity contribution in [3.8, 4) is 5.75 Å². The van der Waals surface area contributed by atoms with Crippen LogP contribution in [-0.2, 0) is 0 Å². The molecule has 0 aliphatic carbocycles. The summed E-state index contributed by atoms with van der Waals surface area (Å²) in [5.74, 6) is -1.56. The van der Waals surface area contributed by atoms with Crippen LogP contribution in [0.25, 0.3) is 0 Å². The Bertz CT molecular complexity index is 860. The van der Waals surface area contributed by atoms with E-state index in [2.05, 4.69) is 4.99 Å². The lowest BCUT2D eigenvalue weighted by atomic mass is 10.0. The Morgan fingerprint density at radius 3 is 2.33 bits per heavy atom. The summed E-state index contributed by atoms with van der Waals surface area (Å²) in [6.07, 6.45) is 1.26. The lowest BCUT2D eigenvalue weighted by molar-refractivity contribution is -0.386. The van der Waals surface area contributed by atoms with Gasteiger partial charge in [-0.2, -0.15) is 0 Å². The van der Waals surface area contributed by atoms with Crippen LogP contribution < -0.4 is 0 Å². The molecular weight excluding hydrogens is 336 g/mol. The standard InChI is InChI=1S/C16H13ClN2O5/c1-8-12(15(20)14(19(23)24)9(2)13(8)17)7-18-11-5-3-10(4-6-11)16(21)22/h3-7,20H,1-2H3,(H,21,22). The number of hydrogen-bond acceptors (Lipinski definition) is 5. The van der Waals surface area contributed by atoms with Gasteiger partial charge in [-0.1, -0.05) is 11.6 Å². The fourth-order valence-corrected chi connectivity index (χ4v) is 2.39. The fraction of sp³-hybridized carbons (Fsp3) is 0.125. The van der Waals surface area contributed by atoms with Crippen LogP contribution in [-0.4, -0.2) is 27.3 Å². The zero-order valence-electron chi connectivity index (χ0n) is 12.8. The molecule has 0 amide bonds. The number of nitro groups is 1. The lowest BCUT2D eigenvalue weighted by Gasteiger charge is -2.10. The first-order valence-corrected chi connectivity index (χ1v) is 7.15. The number of carbonyl (C=O) groups is 1. The average Bonchev–Trinajstić information content (AvgIpc) is 2.53. The van der Waals surface area contributed by atoms with E-state index in [1.54, 1.807) is 6.92 Å². The molecule has 124 valence electrons. The molecule has 0 bridgehead atoms. The van der Waals surface area contributed by atoms with Gasteiger partial charge in [-0.15, -0.1) is 0 Å². The molecule has 0 spiro atoms. The second-order valence-corrected chi connectivity index (χ2v) is 5.42. The molecule has 24 heavy (non-hydrogen) atoms. The number of carboxylic acid groups (broad SMARTS) is 1. The van der Waals surface area contributed by atoms with E-state index in [1.807, 2.05) is 0 Å². The molecule has 7 nitrogen and oxygen atoms in total. The van der Waals surface area contributed by atoms with Crippen LogP contribution in [0.2, 0.25) is 5.02 Å². The predicted molar refractivity (Wildman–Crippen MR) is 89.9 cm³/mol. The van der Waals surface area contributed by atoms with E-state index >= 15 is 0 Å². The number of halogens is 1. The number of rotatable bonds is 4. The van der Waals surface area contributed by atoms with E-state index in [-0.39, 0.29) is 21.7 Å². The number of benzene rings is 2. The number of phenolic OH excluding ortho intramolecular Hbond substituents is 1. The third-order valence-electron chi connectivity index (χ3n) is 3.54. The SMILES string of the molecule is Cc1c(Cl)c(C)c([N+](=O)[O-])c(O)c1C=Nc1ccc(C(=O)O)cc1. The first kappa shape index (κ1) is 17.4. The van der Waals surface area contributed by atoms with Crippen molar-refractivity contribution in [2.75, 3.05) is 0 Å². The first-order chi connectivity index (χ1) is 11.2. The second kappa shape index (κ2) is 6.67. The Morgan fingerprint density at radius 1 is 1.25 bits per heavy atom. The van der Waals surface area contributed by atoms with Gasteiger partial charge in [-0.25, -0.2) is 4.79 Å². The first-order valence-electron chi connectivity index (χ1n) is 6.77. The molecule has 0 aromatic heterocycles. The average molecular weight is 349 g/mol. The van der Waals surface area contributed by atoms with Gasteiger partial charge in [0.1, 0.15) is 0 Å². The Hall–Kier alpha value is -2.93. The van der Waals surface area contributed by atoms with Crippen LogP contribution >= 0.6 is 11.6 Å². The zero-order chi connectivity index (χ0) is 18.0. The highest BCUT2D eigenvalue weighted by Gasteiger charge is 2.25. The van der Waals surface area contributed by atoms with Crippen molar-refractivity contribution in [1.29, 1.82) is 0 Å². The van der Waals surface area contributed by atoms with Gasteiger partial charge in [-0.05, 0) is 43.7 Å². The number of aromatic hydroxyl groups is 1. The van der Waals surface area contributed by atoms with Crippen molar-refractivity contribution < 1.29 is 19.9 Å². The molecular formula is C16H13ClN2O5. The highest BCUT2D eigenvalue weighted by molar-refractivity contribution is 6.33. The number of nitrogens with zero attached hydrogens (tertiary/aromatic N) is 2. The van der Waals surface area contributed by atoms with Crippen molar-refractivity contribution in [1.82, 2.24) is 0 Å². The van der Waals surface area contributed by atoms with Crippen molar-refractivity contribution in [3.63, 3.8) is 0 Å². The largest absolute Gasteiger partial charge is 0.502 e. The minimum absolute atomic E-state index is 0.113. The molecule has 2 aromatic rings. The summed E-state index contributed by atoms with van der Waals surface area (Å²) >= 11 is 6.10. The second-order valence-electron chi connectivity index (χ2n) is 5.04. The van der Waals surface area contributed by atoms with Gasteiger partial charge in [0.25, 0.3) is 0 Å². The third-order valence-corrected chi connectivity index (χ3v) is 4.10. The van der Waals surface area contributed by atoms with E-state index in [4.69, 9.17) is 16.7 Å². The van der Waals surface area contributed by atoms with Crippen molar-refractivity contribution in [2.24, 2.45) is 4.99 Å². The van der Waals surface area contributed by atoms with Crippen LogP contribution in [0.3, 0.4) is 0 Å². The van der Waals surface area contributed by atoms with Crippen molar-refractivity contribution >= 4 is 35.2 Å². The van der Waals surface area contributed by atoms with E-state index in [0.717, 1.165) is 0 Å². The van der Waals surface area contributed by atoms with Crippen LogP contribution in [0, 0.1) is 24.0 Å². The summed E-state index contributed by atoms with van der Waals surface area (Å²) in [7, 11) is 0. The maximum atomic E-state index is 11.1. The summed E-state index contributed by atoms with van der Waals surface area (Å²) in [4.78, 5) is 25.3. The summed E-state index contributed by atoms with van der Waals surface area (Å²) in [5.41, 5.74) is 0.857. The van der Waals surface area contributed by atoms with E-state index in [9.17, 15) is 20.0 Å². The monoisotopic (exact) mass is 348 g/mol. The number of carboxylic acids is 1. The molecule has 0 radical (unpaired) electrons. The minimum Gasteiger partial charge on any atom is -0.502 e. The molecule has 0 aliphatic heterocycles. The normalized spacial score (nSPS) is 11.0. The Kier molecular flexibility index (Phi) is 4.85. The van der Waals surface area contributed by atoms with Crippen molar-refractivity contribution in [3.05, 3.63) is 61.7 Å². The van der Waals surface area contributed by atoms with Gasteiger partial charge < -0.3 is 10.2 Å². The molecule has 0 heterocycles. The fourth-order valence-electron chi connectivity index (χ4n) is 2.20. The maximum absolute atomic E-state index is 11.1. The zero-order valence-corrected chi connectivity index (χ0v) is 13.5. The molecule has 2 aromatic carbocycles. The van der Waals surface area contributed by atoms with Crippen molar-refractivity contribution in [2.45, 2.75) is 13.8 Å².